The second-order valence-electron chi connectivity index (χ2n) is 3.86. The van der Waals surface area contributed by atoms with Gasteiger partial charge in [0.1, 0.15) is 6.10 Å². The third kappa shape index (κ3) is 4.13. The minimum atomic E-state index is -3.52. The first-order chi connectivity index (χ1) is 9.09. The summed E-state index contributed by atoms with van der Waals surface area (Å²) in [6.07, 6.45) is -1.07. The smallest absolute Gasteiger partial charge is 0.362 e. The van der Waals surface area contributed by atoms with E-state index in [-0.39, 0.29) is 13.2 Å². The molecule has 0 aliphatic carbocycles. The highest BCUT2D eigenvalue weighted by molar-refractivity contribution is 7.54. The van der Waals surface area contributed by atoms with Crippen LogP contribution in [0.1, 0.15) is 25.5 Å². The van der Waals surface area contributed by atoms with Gasteiger partial charge in [0.2, 0.25) is 0 Å². The molecule has 1 aromatic carbocycles. The van der Waals surface area contributed by atoms with E-state index in [1.807, 2.05) is 6.07 Å². The second-order valence-corrected chi connectivity index (χ2v) is 5.96. The lowest BCUT2D eigenvalue weighted by Gasteiger charge is -2.28. The van der Waals surface area contributed by atoms with E-state index in [0.29, 0.717) is 5.56 Å². The zero-order valence-corrected chi connectivity index (χ0v) is 12.4. The number of hydrogen-bond acceptors (Lipinski definition) is 5. The molecule has 0 saturated carbocycles. The summed E-state index contributed by atoms with van der Waals surface area (Å²) in [5.41, 5.74) is 0.606. The van der Waals surface area contributed by atoms with Crippen molar-refractivity contribution in [2.45, 2.75) is 25.8 Å². The van der Waals surface area contributed by atoms with Crippen molar-refractivity contribution in [3.63, 3.8) is 0 Å². The molecule has 0 aromatic heterocycles. The maximum atomic E-state index is 12.6. The Kier molecular flexibility index (Phi) is 6.69. The predicted molar refractivity (Wildman–Crippen MR) is 73.1 cm³/mol. The van der Waals surface area contributed by atoms with Crippen LogP contribution in [0, 0.1) is 0 Å². The average Bonchev–Trinajstić information content (AvgIpc) is 2.40. The van der Waals surface area contributed by atoms with Gasteiger partial charge in [-0.15, -0.1) is 0 Å². The number of benzene rings is 1. The van der Waals surface area contributed by atoms with Crippen molar-refractivity contribution in [3.8, 4) is 0 Å². The van der Waals surface area contributed by atoms with Crippen LogP contribution in [0.2, 0.25) is 0 Å². The summed E-state index contributed by atoms with van der Waals surface area (Å²) in [6.45, 7) is 3.87. The van der Waals surface area contributed by atoms with Gasteiger partial charge in [-0.25, -0.2) is 0 Å². The fourth-order valence-corrected chi connectivity index (χ4v) is 3.65. The van der Waals surface area contributed by atoms with Crippen molar-refractivity contribution in [2.75, 3.05) is 20.3 Å². The van der Waals surface area contributed by atoms with Crippen molar-refractivity contribution in [1.82, 2.24) is 0 Å². The summed E-state index contributed by atoms with van der Waals surface area (Å²) in [6, 6.07) is 8.88. The van der Waals surface area contributed by atoms with Crippen LogP contribution >= 0.6 is 7.60 Å². The van der Waals surface area contributed by atoms with E-state index in [0.717, 1.165) is 0 Å². The number of rotatable bonds is 8. The molecule has 0 unspecified atom stereocenters. The quantitative estimate of drug-likeness (QED) is 0.745. The van der Waals surface area contributed by atoms with Gasteiger partial charge >= 0.3 is 7.60 Å². The maximum Gasteiger partial charge on any atom is 0.362 e. The zero-order chi connectivity index (χ0) is 14.3. The van der Waals surface area contributed by atoms with Gasteiger partial charge in [0.25, 0.3) is 0 Å². The monoisotopic (exact) mass is 288 g/mol. The minimum absolute atomic E-state index is 0.221. The van der Waals surface area contributed by atoms with Crippen LogP contribution in [0.25, 0.3) is 0 Å². The molecule has 108 valence electrons. The van der Waals surface area contributed by atoms with Gasteiger partial charge in [0, 0.05) is 7.11 Å². The summed E-state index contributed by atoms with van der Waals surface area (Å²) < 4.78 is 28.2. The van der Waals surface area contributed by atoms with E-state index in [9.17, 15) is 9.67 Å². The highest BCUT2D eigenvalue weighted by Crippen LogP contribution is 2.56. The van der Waals surface area contributed by atoms with Crippen molar-refractivity contribution in [2.24, 2.45) is 0 Å². The van der Waals surface area contributed by atoms with Crippen molar-refractivity contribution >= 4 is 7.60 Å². The van der Waals surface area contributed by atoms with Gasteiger partial charge in [-0.3, -0.25) is 4.57 Å². The molecule has 5 nitrogen and oxygen atoms in total. The summed E-state index contributed by atoms with van der Waals surface area (Å²) in [5, 5.41) is 10.3. The first-order valence-electron chi connectivity index (χ1n) is 6.23. The molecule has 0 amide bonds. The molecular weight excluding hydrogens is 267 g/mol. The normalized spacial score (nSPS) is 15.2. The van der Waals surface area contributed by atoms with Crippen molar-refractivity contribution in [3.05, 3.63) is 35.9 Å². The first kappa shape index (κ1) is 16.3. The van der Waals surface area contributed by atoms with Crippen LogP contribution in [0.15, 0.2) is 30.3 Å². The molecule has 1 aromatic rings. The van der Waals surface area contributed by atoms with Gasteiger partial charge in [-0.1, -0.05) is 30.3 Å². The molecule has 0 aliphatic rings. The average molecular weight is 288 g/mol. The standard InChI is InChI=1S/C13H21O5P/c1-4-17-19(15,18-5-2)13(16-3)12(14)11-9-7-6-8-10-11/h6-10,12-14H,4-5H2,1-3H3/t12-,13-/m0/s1. The fraction of sp³-hybridized carbons (Fsp3) is 0.538. The van der Waals surface area contributed by atoms with Crippen LogP contribution in [0.3, 0.4) is 0 Å². The van der Waals surface area contributed by atoms with Gasteiger partial charge in [-0.05, 0) is 19.4 Å². The fourth-order valence-electron chi connectivity index (χ4n) is 1.79. The Hall–Kier alpha value is -0.710. The lowest BCUT2D eigenvalue weighted by Crippen LogP contribution is -2.23. The third-order valence-corrected chi connectivity index (χ3v) is 4.94. The molecule has 0 aliphatic heterocycles. The molecule has 0 bridgehead atoms. The Labute approximate surface area is 114 Å². The number of aliphatic hydroxyl groups excluding tert-OH is 1. The highest BCUT2D eigenvalue weighted by atomic mass is 31.2. The Bertz CT molecular complexity index is 399. The Morgan fingerprint density at radius 3 is 2.11 bits per heavy atom. The van der Waals surface area contributed by atoms with Crippen LogP contribution in [-0.4, -0.2) is 31.3 Å². The second kappa shape index (κ2) is 7.78. The van der Waals surface area contributed by atoms with Crippen LogP contribution < -0.4 is 0 Å². The highest BCUT2D eigenvalue weighted by Gasteiger charge is 2.41. The van der Waals surface area contributed by atoms with Gasteiger partial charge in [0.05, 0.1) is 13.2 Å². The molecule has 19 heavy (non-hydrogen) atoms. The lowest BCUT2D eigenvalue weighted by molar-refractivity contribution is 0.0119. The maximum absolute atomic E-state index is 12.6. The Morgan fingerprint density at radius 1 is 1.16 bits per heavy atom. The van der Waals surface area contributed by atoms with E-state index < -0.39 is 19.5 Å². The Morgan fingerprint density at radius 2 is 1.68 bits per heavy atom. The molecule has 6 heteroatoms. The molecular formula is C13H21O5P. The van der Waals surface area contributed by atoms with Gasteiger partial charge in [0.15, 0.2) is 5.85 Å². The van der Waals surface area contributed by atoms with Crippen molar-refractivity contribution < 1.29 is 23.5 Å². The van der Waals surface area contributed by atoms with Crippen LogP contribution in [0.5, 0.6) is 0 Å². The predicted octanol–water partition coefficient (Wildman–Crippen LogP) is 2.96. The number of methoxy groups -OCH3 is 1. The molecule has 0 spiro atoms. The van der Waals surface area contributed by atoms with Crippen LogP contribution in [0.4, 0.5) is 0 Å². The zero-order valence-electron chi connectivity index (χ0n) is 11.5. The van der Waals surface area contributed by atoms with E-state index >= 15 is 0 Å². The molecule has 1 N–H and O–H groups in total. The number of ether oxygens (including phenoxy) is 1. The molecule has 2 atom stereocenters. The SMILES string of the molecule is CCOP(=O)(OCC)[C@H](OC)[C@@H](O)c1ccccc1. The summed E-state index contributed by atoms with van der Waals surface area (Å²) >= 11 is 0. The van der Waals surface area contributed by atoms with Gasteiger partial charge < -0.3 is 18.9 Å². The summed E-state index contributed by atoms with van der Waals surface area (Å²) in [7, 11) is -2.15. The van der Waals surface area contributed by atoms with Crippen molar-refractivity contribution in [1.29, 1.82) is 0 Å². The topological polar surface area (TPSA) is 65.0 Å². The van der Waals surface area contributed by atoms with E-state index in [1.165, 1.54) is 7.11 Å². The molecule has 0 saturated heterocycles. The summed E-state index contributed by atoms with van der Waals surface area (Å²) in [5.74, 6) is -1.05. The summed E-state index contributed by atoms with van der Waals surface area (Å²) in [4.78, 5) is 0. The largest absolute Gasteiger partial charge is 0.385 e. The van der Waals surface area contributed by atoms with E-state index in [4.69, 9.17) is 13.8 Å². The molecule has 0 radical (unpaired) electrons. The van der Waals surface area contributed by atoms with E-state index in [1.54, 1.807) is 38.1 Å². The van der Waals surface area contributed by atoms with Gasteiger partial charge in [-0.2, -0.15) is 0 Å². The molecule has 0 heterocycles. The Balaban J connectivity index is 3.00. The van der Waals surface area contributed by atoms with Crippen LogP contribution in [-0.2, 0) is 18.3 Å². The van der Waals surface area contributed by atoms with E-state index in [2.05, 4.69) is 0 Å². The molecule has 1 rings (SSSR count). The third-order valence-electron chi connectivity index (χ3n) is 2.58. The minimum Gasteiger partial charge on any atom is -0.385 e. The lowest BCUT2D eigenvalue weighted by atomic mass is 10.1. The number of hydrogen-bond donors (Lipinski definition) is 1. The first-order valence-corrected chi connectivity index (χ1v) is 7.84. The molecule has 0 fully saturated rings. The number of aliphatic hydroxyl groups is 1.